The molecule has 7 nitrogen and oxygen atoms in total. The number of halogens is 2. The first-order chi connectivity index (χ1) is 13.4. The Morgan fingerprint density at radius 2 is 1.96 bits per heavy atom. The van der Waals surface area contributed by atoms with E-state index < -0.39 is 23.4 Å². The molecular weight excluding hydrogens is 368 g/mol. The number of anilines is 1. The largest absolute Gasteiger partial charge is 0.419 e. The van der Waals surface area contributed by atoms with Gasteiger partial charge in [-0.1, -0.05) is 6.07 Å². The molecule has 0 aliphatic heterocycles. The van der Waals surface area contributed by atoms with Crippen LogP contribution in [0.3, 0.4) is 0 Å². The number of aromatic nitrogens is 4. The van der Waals surface area contributed by atoms with Crippen LogP contribution in [0.4, 0.5) is 14.7 Å². The molecule has 1 atom stereocenters. The Morgan fingerprint density at radius 1 is 1.14 bits per heavy atom. The van der Waals surface area contributed by atoms with Gasteiger partial charge >= 0.3 is 5.76 Å². The molecule has 0 radical (unpaired) electrons. The minimum atomic E-state index is -0.649. The van der Waals surface area contributed by atoms with Gasteiger partial charge in [0.05, 0.1) is 17.8 Å². The maximum atomic E-state index is 13.9. The lowest BCUT2D eigenvalue weighted by atomic mass is 10.1. The number of aryl methyl sites for hydroxylation is 1. The Labute approximate surface area is 157 Å². The van der Waals surface area contributed by atoms with E-state index in [-0.39, 0.29) is 5.95 Å². The molecule has 0 saturated carbocycles. The summed E-state index contributed by atoms with van der Waals surface area (Å²) in [5.41, 5.74) is 2.62. The highest BCUT2D eigenvalue weighted by Crippen LogP contribution is 2.23. The minimum Gasteiger partial charge on any atom is -0.408 e. The number of fused-ring (bicyclic) bond motifs is 1. The quantitative estimate of drug-likeness (QED) is 0.581. The lowest BCUT2D eigenvalue weighted by Crippen LogP contribution is -2.12. The second-order valence-corrected chi connectivity index (χ2v) is 6.31. The maximum Gasteiger partial charge on any atom is 0.419 e. The van der Waals surface area contributed by atoms with E-state index >= 15 is 0 Å². The van der Waals surface area contributed by atoms with Gasteiger partial charge in [0.1, 0.15) is 17.3 Å². The van der Waals surface area contributed by atoms with E-state index in [1.54, 1.807) is 32.2 Å². The molecule has 0 bridgehead atoms. The van der Waals surface area contributed by atoms with E-state index in [4.69, 9.17) is 4.42 Å². The lowest BCUT2D eigenvalue weighted by Gasteiger charge is -2.14. The fraction of sp³-hybridized carbons (Fsp3) is 0.158. The van der Waals surface area contributed by atoms with Crippen molar-refractivity contribution in [2.24, 2.45) is 7.05 Å². The molecule has 2 aromatic carbocycles. The first-order valence-electron chi connectivity index (χ1n) is 8.43. The molecule has 28 heavy (non-hydrogen) atoms. The third-order valence-electron chi connectivity index (χ3n) is 4.42. The van der Waals surface area contributed by atoms with Crippen LogP contribution in [0, 0.1) is 11.6 Å². The highest BCUT2D eigenvalue weighted by molar-refractivity contribution is 5.79. The highest BCUT2D eigenvalue weighted by Gasteiger charge is 2.14. The van der Waals surface area contributed by atoms with Gasteiger partial charge in [-0.15, -0.1) is 10.2 Å². The second-order valence-electron chi connectivity index (χ2n) is 6.31. The van der Waals surface area contributed by atoms with Gasteiger partial charge in [-0.2, -0.15) is 0 Å². The van der Waals surface area contributed by atoms with Gasteiger partial charge < -0.3 is 9.73 Å². The molecular formula is C19H15F2N5O2. The van der Waals surface area contributed by atoms with Gasteiger partial charge in [0, 0.05) is 24.2 Å². The predicted molar refractivity (Wildman–Crippen MR) is 98.7 cm³/mol. The van der Waals surface area contributed by atoms with Gasteiger partial charge in [0.25, 0.3) is 0 Å². The number of benzene rings is 2. The van der Waals surface area contributed by atoms with Gasteiger partial charge in [-0.25, -0.2) is 18.6 Å². The normalized spacial score (nSPS) is 12.3. The number of oxazole rings is 1. The van der Waals surface area contributed by atoms with E-state index in [0.29, 0.717) is 27.9 Å². The number of nitrogens with zero attached hydrogens (tertiary/aromatic N) is 4. The zero-order valence-electron chi connectivity index (χ0n) is 15.0. The molecule has 0 spiro atoms. The Kier molecular flexibility index (Phi) is 4.34. The summed E-state index contributed by atoms with van der Waals surface area (Å²) < 4.78 is 33.4. The molecule has 1 N–H and O–H groups in total. The smallest absolute Gasteiger partial charge is 0.408 e. The third-order valence-corrected chi connectivity index (χ3v) is 4.42. The summed E-state index contributed by atoms with van der Waals surface area (Å²) in [5, 5.41) is 11.1. The van der Waals surface area contributed by atoms with Crippen LogP contribution in [0.25, 0.3) is 22.4 Å². The molecule has 9 heteroatoms. The van der Waals surface area contributed by atoms with Crippen LogP contribution >= 0.6 is 0 Å². The van der Waals surface area contributed by atoms with Crippen LogP contribution in [0.5, 0.6) is 0 Å². The van der Waals surface area contributed by atoms with Crippen molar-refractivity contribution >= 4 is 17.0 Å². The first kappa shape index (κ1) is 17.8. The summed E-state index contributed by atoms with van der Waals surface area (Å²) in [4.78, 5) is 15.8. The molecule has 0 unspecified atom stereocenters. The molecule has 0 aliphatic carbocycles. The lowest BCUT2D eigenvalue weighted by molar-refractivity contribution is 0.528. The zero-order chi connectivity index (χ0) is 19.8. The topological polar surface area (TPSA) is 85.8 Å². The number of rotatable bonds is 4. The summed E-state index contributed by atoms with van der Waals surface area (Å²) >= 11 is 0. The molecule has 0 amide bonds. The van der Waals surface area contributed by atoms with Crippen molar-refractivity contribution in [3.05, 3.63) is 70.3 Å². The van der Waals surface area contributed by atoms with Crippen LogP contribution < -0.4 is 11.1 Å². The zero-order valence-corrected chi connectivity index (χ0v) is 15.0. The van der Waals surface area contributed by atoms with E-state index in [2.05, 4.69) is 20.5 Å². The average Bonchev–Trinajstić information content (AvgIpc) is 2.96. The monoisotopic (exact) mass is 383 g/mol. The summed E-state index contributed by atoms with van der Waals surface area (Å²) in [5.74, 6) is -1.53. The summed E-state index contributed by atoms with van der Waals surface area (Å²) in [6, 6.07) is 8.10. The van der Waals surface area contributed by atoms with Crippen molar-refractivity contribution < 1.29 is 13.2 Å². The SMILES string of the molecule is C[C@@H](Nc1ncc(-c2ccc3oc(=O)n(C)c3c2)nn1)c1ccc(F)cc1F. The summed E-state index contributed by atoms with van der Waals surface area (Å²) in [6.45, 7) is 1.71. The van der Waals surface area contributed by atoms with Crippen LogP contribution in [-0.4, -0.2) is 19.7 Å². The van der Waals surface area contributed by atoms with Crippen molar-refractivity contribution in [3.8, 4) is 11.3 Å². The van der Waals surface area contributed by atoms with Crippen LogP contribution in [-0.2, 0) is 7.05 Å². The van der Waals surface area contributed by atoms with Crippen molar-refractivity contribution in [2.75, 3.05) is 5.32 Å². The molecule has 2 aromatic heterocycles. The molecule has 2 heterocycles. The number of hydrogen-bond acceptors (Lipinski definition) is 6. The molecule has 0 fully saturated rings. The standard InChI is InChI=1S/C19H15F2N5O2/c1-10(13-5-4-12(20)8-14(13)21)23-18-22-9-15(24-25-18)11-3-6-17-16(7-11)26(2)19(27)28-17/h3-10H,1-2H3,(H,22,23,25)/t10-/m1/s1. The van der Waals surface area contributed by atoms with Crippen molar-refractivity contribution in [2.45, 2.75) is 13.0 Å². The average molecular weight is 383 g/mol. The molecule has 0 saturated heterocycles. The third kappa shape index (κ3) is 3.22. The number of nitrogens with one attached hydrogen (secondary N) is 1. The van der Waals surface area contributed by atoms with Crippen molar-refractivity contribution in [3.63, 3.8) is 0 Å². The van der Waals surface area contributed by atoms with Gasteiger partial charge in [0.15, 0.2) is 5.58 Å². The Balaban J connectivity index is 1.57. The van der Waals surface area contributed by atoms with Crippen LogP contribution in [0.1, 0.15) is 18.5 Å². The summed E-state index contributed by atoms with van der Waals surface area (Å²) in [6.07, 6.45) is 1.52. The van der Waals surface area contributed by atoms with Gasteiger partial charge in [-0.05, 0) is 31.2 Å². The minimum absolute atomic E-state index is 0.205. The van der Waals surface area contributed by atoms with E-state index in [9.17, 15) is 13.6 Å². The molecule has 0 aliphatic rings. The molecule has 142 valence electrons. The van der Waals surface area contributed by atoms with Crippen molar-refractivity contribution in [1.29, 1.82) is 0 Å². The Bertz CT molecular complexity index is 1220. The van der Waals surface area contributed by atoms with Gasteiger partial charge in [-0.3, -0.25) is 4.57 Å². The fourth-order valence-electron chi connectivity index (χ4n) is 2.88. The summed E-state index contributed by atoms with van der Waals surface area (Å²) in [7, 11) is 1.62. The maximum absolute atomic E-state index is 13.9. The molecule has 4 rings (SSSR count). The second kappa shape index (κ2) is 6.84. The molecule has 4 aromatic rings. The van der Waals surface area contributed by atoms with E-state index in [1.807, 2.05) is 0 Å². The van der Waals surface area contributed by atoms with Crippen LogP contribution in [0.15, 0.2) is 51.8 Å². The Morgan fingerprint density at radius 3 is 2.68 bits per heavy atom. The van der Waals surface area contributed by atoms with Crippen LogP contribution in [0.2, 0.25) is 0 Å². The van der Waals surface area contributed by atoms with Crippen molar-refractivity contribution in [1.82, 2.24) is 19.7 Å². The highest BCUT2D eigenvalue weighted by atomic mass is 19.1. The van der Waals surface area contributed by atoms with E-state index in [1.165, 1.54) is 22.9 Å². The first-order valence-corrected chi connectivity index (χ1v) is 8.43. The Hall–Kier alpha value is -3.62. The van der Waals surface area contributed by atoms with E-state index in [0.717, 1.165) is 6.07 Å². The van der Waals surface area contributed by atoms with Gasteiger partial charge in [0.2, 0.25) is 5.95 Å². The fourth-order valence-corrected chi connectivity index (χ4v) is 2.88. The number of hydrogen-bond donors (Lipinski definition) is 1. The predicted octanol–water partition coefficient (Wildman–Crippen LogP) is 3.43.